The number of benzene rings is 2. The van der Waals surface area contributed by atoms with Gasteiger partial charge in [-0.05, 0) is 24.3 Å². The first-order chi connectivity index (χ1) is 13.7. The van der Waals surface area contributed by atoms with Gasteiger partial charge in [-0.1, -0.05) is 12.1 Å². The topological polar surface area (TPSA) is 64.0 Å². The molecule has 146 valence electrons. The minimum Gasteiger partial charge on any atom is -0.497 e. The summed E-state index contributed by atoms with van der Waals surface area (Å²) in [5, 5.41) is 4.42. The van der Waals surface area contributed by atoms with Crippen molar-refractivity contribution in [2.24, 2.45) is 0 Å². The van der Waals surface area contributed by atoms with Gasteiger partial charge in [-0.3, -0.25) is 0 Å². The highest BCUT2D eigenvalue weighted by atomic mass is 16.5. The third-order valence-corrected chi connectivity index (χ3v) is 5.15. The average molecular weight is 380 g/mol. The number of ether oxygens (including phenoxy) is 2. The van der Waals surface area contributed by atoms with Gasteiger partial charge >= 0.3 is 0 Å². The molecule has 4 rings (SSSR count). The molecule has 7 heteroatoms. The first-order valence-electron chi connectivity index (χ1n) is 9.50. The monoisotopic (exact) mass is 380 g/mol. The Morgan fingerprint density at radius 2 is 1.79 bits per heavy atom. The maximum absolute atomic E-state index is 5.53. The summed E-state index contributed by atoms with van der Waals surface area (Å²) in [7, 11) is 5.52. The minimum absolute atomic E-state index is 0.701. The number of nitrogens with zero attached hydrogens (tertiary/aromatic N) is 3. The van der Waals surface area contributed by atoms with E-state index in [9.17, 15) is 0 Å². The number of quaternary nitrogens is 1. The fraction of sp³-hybridized carbons (Fsp3) is 0.333. The van der Waals surface area contributed by atoms with Crippen molar-refractivity contribution in [2.75, 3.05) is 57.7 Å². The predicted octanol–water partition coefficient (Wildman–Crippen LogP) is 1.73. The molecule has 1 aliphatic heterocycles. The molecule has 0 atom stereocenters. The molecule has 28 heavy (non-hydrogen) atoms. The maximum Gasteiger partial charge on any atom is 0.228 e. The zero-order chi connectivity index (χ0) is 19.5. The largest absolute Gasteiger partial charge is 0.497 e. The number of aromatic nitrogens is 2. The summed E-state index contributed by atoms with van der Waals surface area (Å²) in [5.41, 5.74) is 1.76. The van der Waals surface area contributed by atoms with Crippen molar-refractivity contribution in [1.29, 1.82) is 0 Å². The molecule has 0 unspecified atom stereocenters. The zero-order valence-corrected chi connectivity index (χ0v) is 16.5. The molecular weight excluding hydrogens is 354 g/mol. The third kappa shape index (κ3) is 3.66. The summed E-state index contributed by atoms with van der Waals surface area (Å²) >= 11 is 0. The summed E-state index contributed by atoms with van der Waals surface area (Å²) in [6, 6.07) is 13.8. The van der Waals surface area contributed by atoms with Crippen LogP contribution in [-0.2, 0) is 0 Å². The van der Waals surface area contributed by atoms with E-state index in [1.165, 1.54) is 0 Å². The molecule has 0 amide bonds. The van der Waals surface area contributed by atoms with Crippen molar-refractivity contribution < 1.29 is 14.4 Å². The van der Waals surface area contributed by atoms with Crippen LogP contribution in [0.5, 0.6) is 11.5 Å². The van der Waals surface area contributed by atoms with Gasteiger partial charge in [0.25, 0.3) is 0 Å². The number of likely N-dealkylation sites (N-methyl/N-ethyl adjacent to an activating group) is 1. The normalized spacial score (nSPS) is 14.9. The summed E-state index contributed by atoms with van der Waals surface area (Å²) < 4.78 is 10.8. The van der Waals surface area contributed by atoms with E-state index in [4.69, 9.17) is 19.4 Å². The van der Waals surface area contributed by atoms with Gasteiger partial charge in [0.1, 0.15) is 17.3 Å². The molecule has 2 aromatic carbocycles. The van der Waals surface area contributed by atoms with Gasteiger partial charge in [0.2, 0.25) is 5.95 Å². The van der Waals surface area contributed by atoms with Crippen LogP contribution < -0.4 is 24.6 Å². The third-order valence-electron chi connectivity index (χ3n) is 5.15. The van der Waals surface area contributed by atoms with E-state index in [-0.39, 0.29) is 0 Å². The van der Waals surface area contributed by atoms with Gasteiger partial charge in [0, 0.05) is 11.5 Å². The lowest BCUT2D eigenvalue weighted by molar-refractivity contribution is -0.880. The van der Waals surface area contributed by atoms with Crippen molar-refractivity contribution in [2.45, 2.75) is 0 Å². The number of nitrogens with one attached hydrogen (secondary N) is 2. The Hall–Kier alpha value is -3.06. The van der Waals surface area contributed by atoms with Crippen LogP contribution in [0.2, 0.25) is 0 Å². The van der Waals surface area contributed by atoms with Crippen LogP contribution in [0.4, 0.5) is 17.5 Å². The lowest BCUT2D eigenvalue weighted by atomic mass is 10.2. The van der Waals surface area contributed by atoms with E-state index in [1.54, 1.807) is 19.1 Å². The van der Waals surface area contributed by atoms with Crippen LogP contribution in [0.3, 0.4) is 0 Å². The van der Waals surface area contributed by atoms with E-state index < -0.39 is 0 Å². The van der Waals surface area contributed by atoms with Crippen LogP contribution in [0.15, 0.2) is 42.5 Å². The van der Waals surface area contributed by atoms with Crippen molar-refractivity contribution in [1.82, 2.24) is 9.97 Å². The van der Waals surface area contributed by atoms with Crippen molar-refractivity contribution >= 4 is 28.4 Å². The molecule has 0 bridgehead atoms. The predicted molar refractivity (Wildman–Crippen MR) is 111 cm³/mol. The zero-order valence-electron chi connectivity index (χ0n) is 16.5. The van der Waals surface area contributed by atoms with E-state index in [1.807, 2.05) is 42.5 Å². The van der Waals surface area contributed by atoms with E-state index >= 15 is 0 Å². The molecule has 1 aliphatic rings. The van der Waals surface area contributed by atoms with Crippen LogP contribution >= 0.6 is 0 Å². The van der Waals surface area contributed by atoms with Gasteiger partial charge in [0.05, 0.1) is 58.7 Å². The molecule has 2 heterocycles. The van der Waals surface area contributed by atoms with E-state index in [2.05, 4.69) is 17.3 Å². The summed E-state index contributed by atoms with van der Waals surface area (Å²) in [5.74, 6) is 2.99. The molecular formula is C21H26N5O2+. The second-order valence-corrected chi connectivity index (χ2v) is 7.02. The molecule has 0 spiro atoms. The molecule has 1 fully saturated rings. The maximum atomic E-state index is 5.53. The van der Waals surface area contributed by atoms with Crippen molar-refractivity contribution in [3.8, 4) is 11.5 Å². The number of para-hydroxylation sites is 1. The van der Waals surface area contributed by atoms with Crippen LogP contribution in [0, 0.1) is 0 Å². The molecule has 1 aromatic heterocycles. The quantitative estimate of drug-likeness (QED) is 0.703. The SMILES string of the molecule is COc1ccc(Nc2nc(N3CC[NH+](C)CC3)nc3ccccc23)c(OC)c1. The highest BCUT2D eigenvalue weighted by Gasteiger charge is 2.21. The Labute approximate surface area is 164 Å². The molecule has 7 nitrogen and oxygen atoms in total. The number of hydrogen-bond acceptors (Lipinski definition) is 6. The number of fused-ring (bicyclic) bond motifs is 1. The van der Waals surface area contributed by atoms with Gasteiger partial charge in [-0.15, -0.1) is 0 Å². The molecule has 3 aromatic rings. The molecule has 2 N–H and O–H groups in total. The fourth-order valence-corrected chi connectivity index (χ4v) is 3.42. The fourth-order valence-electron chi connectivity index (χ4n) is 3.42. The summed E-state index contributed by atoms with van der Waals surface area (Å²) in [6.45, 7) is 4.08. The van der Waals surface area contributed by atoms with Crippen LogP contribution in [0.1, 0.15) is 0 Å². The number of rotatable bonds is 5. The Morgan fingerprint density at radius 3 is 2.54 bits per heavy atom. The number of piperazine rings is 1. The number of methoxy groups -OCH3 is 2. The summed E-state index contributed by atoms with van der Waals surface area (Å²) in [6.07, 6.45) is 0. The van der Waals surface area contributed by atoms with Crippen molar-refractivity contribution in [3.05, 3.63) is 42.5 Å². The second-order valence-electron chi connectivity index (χ2n) is 7.02. The van der Waals surface area contributed by atoms with Gasteiger partial charge in [-0.25, -0.2) is 4.98 Å². The Morgan fingerprint density at radius 1 is 1.00 bits per heavy atom. The molecule has 0 saturated carbocycles. The first kappa shape index (κ1) is 18.3. The first-order valence-corrected chi connectivity index (χ1v) is 9.50. The highest BCUT2D eigenvalue weighted by Crippen LogP contribution is 2.33. The van der Waals surface area contributed by atoms with Crippen LogP contribution in [0.25, 0.3) is 10.9 Å². The average Bonchev–Trinajstić information content (AvgIpc) is 2.74. The summed E-state index contributed by atoms with van der Waals surface area (Å²) in [4.78, 5) is 13.5. The molecule has 1 saturated heterocycles. The van der Waals surface area contributed by atoms with Crippen molar-refractivity contribution in [3.63, 3.8) is 0 Å². The Kier molecular flexibility index (Phi) is 5.16. The smallest absolute Gasteiger partial charge is 0.228 e. The van der Waals surface area contributed by atoms with Gasteiger partial charge in [-0.2, -0.15) is 4.98 Å². The second kappa shape index (κ2) is 7.90. The van der Waals surface area contributed by atoms with Crippen LogP contribution in [-0.4, -0.2) is 57.4 Å². The Balaban J connectivity index is 1.73. The minimum atomic E-state index is 0.701. The number of anilines is 3. The highest BCUT2D eigenvalue weighted by molar-refractivity contribution is 5.92. The lowest BCUT2D eigenvalue weighted by Crippen LogP contribution is -3.12. The standard InChI is InChI=1S/C21H25N5O2/c1-25-10-12-26(13-11-25)21-23-17-7-5-4-6-16(17)20(24-21)22-18-9-8-15(27-2)14-19(18)28-3/h4-9,14H,10-13H2,1-3H3,(H,22,23,24)/p+1. The van der Waals surface area contributed by atoms with Gasteiger partial charge < -0.3 is 24.6 Å². The van der Waals surface area contributed by atoms with E-state index in [0.29, 0.717) is 5.75 Å². The van der Waals surface area contributed by atoms with Gasteiger partial charge in [0.15, 0.2) is 0 Å². The molecule has 0 aliphatic carbocycles. The van der Waals surface area contributed by atoms with E-state index in [0.717, 1.165) is 60.3 Å². The number of hydrogen-bond donors (Lipinski definition) is 2. The Bertz CT molecular complexity index is 970. The lowest BCUT2D eigenvalue weighted by Gasteiger charge is -2.30. The molecule has 0 radical (unpaired) electrons.